The molecule has 4 rings (SSSR count). The van der Waals surface area contributed by atoms with Gasteiger partial charge in [-0.3, -0.25) is 9.36 Å². The third-order valence-corrected chi connectivity index (χ3v) is 6.93. The predicted octanol–water partition coefficient (Wildman–Crippen LogP) is 5.06. The molecule has 7 nitrogen and oxygen atoms in total. The van der Waals surface area contributed by atoms with E-state index in [0.717, 1.165) is 30.9 Å². The summed E-state index contributed by atoms with van der Waals surface area (Å²) in [6.07, 6.45) is 1.61. The summed E-state index contributed by atoms with van der Waals surface area (Å²) >= 11 is 1.50. The van der Waals surface area contributed by atoms with E-state index in [-0.39, 0.29) is 5.56 Å². The minimum Gasteiger partial charge on any atom is -0.496 e. The topological polar surface area (TPSA) is 69.7 Å². The van der Waals surface area contributed by atoms with Crippen LogP contribution in [0.3, 0.4) is 0 Å². The predicted molar refractivity (Wildman–Crippen MR) is 140 cm³/mol. The van der Waals surface area contributed by atoms with E-state index in [9.17, 15) is 4.79 Å². The van der Waals surface area contributed by atoms with Crippen LogP contribution in [0.1, 0.15) is 25.2 Å². The molecule has 0 amide bonds. The van der Waals surface area contributed by atoms with Crippen LogP contribution in [0, 0.1) is 0 Å². The molecule has 0 unspecified atom stereocenters. The van der Waals surface area contributed by atoms with Crippen LogP contribution in [0.15, 0.2) is 75.2 Å². The summed E-state index contributed by atoms with van der Waals surface area (Å²) in [5.41, 5.74) is 1.56. The fourth-order valence-corrected chi connectivity index (χ4v) is 4.86. The Bertz CT molecular complexity index is 1300. The second kappa shape index (κ2) is 12.0. The van der Waals surface area contributed by atoms with Crippen LogP contribution in [0.2, 0.25) is 0 Å². The van der Waals surface area contributed by atoms with Crippen molar-refractivity contribution < 1.29 is 13.9 Å². The number of likely N-dealkylation sites (N-methyl/N-ethyl adjacent to an activating group) is 1. The molecule has 2 heterocycles. The van der Waals surface area contributed by atoms with Gasteiger partial charge in [-0.15, -0.1) is 0 Å². The fraction of sp³-hybridized carbons (Fsp3) is 0.333. The van der Waals surface area contributed by atoms with Crippen LogP contribution in [0.25, 0.3) is 10.9 Å². The highest BCUT2D eigenvalue weighted by atomic mass is 32.2. The van der Waals surface area contributed by atoms with Gasteiger partial charge in [-0.05, 0) is 49.5 Å². The monoisotopic (exact) mass is 493 g/mol. The Hall–Kier alpha value is -3.23. The summed E-state index contributed by atoms with van der Waals surface area (Å²) in [7, 11) is 1.66. The molecule has 0 aliphatic rings. The van der Waals surface area contributed by atoms with E-state index in [1.807, 2.05) is 48.5 Å². The lowest BCUT2D eigenvalue weighted by Crippen LogP contribution is -2.28. The first-order chi connectivity index (χ1) is 17.1. The second-order valence-electron chi connectivity index (χ2n) is 8.02. The fourth-order valence-electron chi connectivity index (χ4n) is 3.87. The molecule has 4 aromatic rings. The number of aromatic nitrogens is 2. The molecule has 0 saturated carbocycles. The first-order valence-electron chi connectivity index (χ1n) is 11.8. The van der Waals surface area contributed by atoms with Crippen molar-refractivity contribution in [3.8, 4) is 11.5 Å². The van der Waals surface area contributed by atoms with Gasteiger partial charge < -0.3 is 18.8 Å². The molecule has 0 atom stereocenters. The Morgan fingerprint density at radius 2 is 1.91 bits per heavy atom. The van der Waals surface area contributed by atoms with Crippen LogP contribution in [0.4, 0.5) is 0 Å². The van der Waals surface area contributed by atoms with Crippen molar-refractivity contribution in [2.24, 2.45) is 0 Å². The van der Waals surface area contributed by atoms with Crippen LogP contribution in [0.5, 0.6) is 11.5 Å². The van der Waals surface area contributed by atoms with Crippen molar-refractivity contribution in [3.05, 3.63) is 82.5 Å². The highest BCUT2D eigenvalue weighted by molar-refractivity contribution is 7.98. The number of hydrogen-bond acceptors (Lipinski definition) is 7. The van der Waals surface area contributed by atoms with Gasteiger partial charge in [0.25, 0.3) is 5.56 Å². The molecule has 2 aromatic heterocycles. The molecule has 0 N–H and O–H groups in total. The SMILES string of the molecule is CCN(CC)CCOc1ccc2nc(SCc3ccccc3OC)n(Cc3ccco3)c(=O)c2c1. The lowest BCUT2D eigenvalue weighted by Gasteiger charge is -2.18. The van der Waals surface area contributed by atoms with Gasteiger partial charge in [-0.25, -0.2) is 4.98 Å². The van der Waals surface area contributed by atoms with Crippen molar-refractivity contribution in [2.75, 3.05) is 33.4 Å². The molecule has 35 heavy (non-hydrogen) atoms. The number of hydrogen-bond donors (Lipinski definition) is 0. The Kier molecular flexibility index (Phi) is 8.50. The van der Waals surface area contributed by atoms with Gasteiger partial charge in [0.15, 0.2) is 5.16 Å². The number of nitrogens with zero attached hydrogens (tertiary/aromatic N) is 3. The van der Waals surface area contributed by atoms with Gasteiger partial charge in [0.2, 0.25) is 0 Å². The van der Waals surface area contributed by atoms with E-state index in [2.05, 4.69) is 18.7 Å². The first-order valence-corrected chi connectivity index (χ1v) is 12.8. The van der Waals surface area contributed by atoms with Crippen molar-refractivity contribution in [2.45, 2.75) is 31.3 Å². The molecular formula is C27H31N3O4S. The average molecular weight is 494 g/mol. The largest absolute Gasteiger partial charge is 0.496 e. The molecule has 0 aliphatic carbocycles. The molecule has 0 aliphatic heterocycles. The molecule has 0 fully saturated rings. The van der Waals surface area contributed by atoms with Crippen molar-refractivity contribution in [1.29, 1.82) is 0 Å². The maximum atomic E-state index is 13.6. The molecule has 0 saturated heterocycles. The number of methoxy groups -OCH3 is 1. The minimum absolute atomic E-state index is 0.122. The minimum atomic E-state index is -0.122. The zero-order valence-corrected chi connectivity index (χ0v) is 21.2. The van der Waals surface area contributed by atoms with E-state index < -0.39 is 0 Å². The number of para-hydroxylation sites is 1. The molecule has 184 valence electrons. The Morgan fingerprint density at radius 1 is 1.09 bits per heavy atom. The summed E-state index contributed by atoms with van der Waals surface area (Å²) in [5.74, 6) is 2.79. The smallest absolute Gasteiger partial charge is 0.262 e. The van der Waals surface area contributed by atoms with Gasteiger partial charge in [0.05, 0.1) is 30.8 Å². The van der Waals surface area contributed by atoms with Crippen LogP contribution in [-0.2, 0) is 12.3 Å². The average Bonchev–Trinajstić information content (AvgIpc) is 3.41. The summed E-state index contributed by atoms with van der Waals surface area (Å²) in [4.78, 5) is 20.8. The van der Waals surface area contributed by atoms with Crippen molar-refractivity contribution in [1.82, 2.24) is 14.5 Å². The van der Waals surface area contributed by atoms with E-state index >= 15 is 0 Å². The normalized spacial score (nSPS) is 11.3. The Morgan fingerprint density at radius 3 is 2.66 bits per heavy atom. The zero-order valence-electron chi connectivity index (χ0n) is 20.4. The Balaban J connectivity index is 1.64. The highest BCUT2D eigenvalue weighted by Crippen LogP contribution is 2.28. The summed E-state index contributed by atoms with van der Waals surface area (Å²) in [5, 5.41) is 1.15. The Labute approximate surface area is 209 Å². The van der Waals surface area contributed by atoms with Crippen LogP contribution >= 0.6 is 11.8 Å². The van der Waals surface area contributed by atoms with E-state index in [0.29, 0.717) is 46.5 Å². The van der Waals surface area contributed by atoms with Crippen molar-refractivity contribution >= 4 is 22.7 Å². The molecule has 0 radical (unpaired) electrons. The van der Waals surface area contributed by atoms with Crippen molar-refractivity contribution in [3.63, 3.8) is 0 Å². The summed E-state index contributed by atoms with van der Waals surface area (Å²) < 4.78 is 18.6. The molecule has 8 heteroatoms. The zero-order chi connectivity index (χ0) is 24.6. The molecule has 2 aromatic carbocycles. The summed E-state index contributed by atoms with van der Waals surface area (Å²) in [6, 6.07) is 17.1. The van der Waals surface area contributed by atoms with Crippen LogP contribution < -0.4 is 15.0 Å². The molecule has 0 bridgehead atoms. The number of fused-ring (bicyclic) bond motifs is 1. The molecule has 0 spiro atoms. The summed E-state index contributed by atoms with van der Waals surface area (Å²) in [6.45, 7) is 7.93. The number of furan rings is 1. The van der Waals surface area contributed by atoms with Gasteiger partial charge in [-0.1, -0.05) is 43.8 Å². The lowest BCUT2D eigenvalue weighted by atomic mass is 10.2. The van der Waals surface area contributed by atoms with Gasteiger partial charge >= 0.3 is 0 Å². The van der Waals surface area contributed by atoms with Gasteiger partial charge in [0.1, 0.15) is 23.9 Å². The van der Waals surface area contributed by atoms with E-state index in [1.54, 1.807) is 24.0 Å². The van der Waals surface area contributed by atoms with Crippen LogP contribution in [-0.4, -0.2) is 47.8 Å². The second-order valence-corrected chi connectivity index (χ2v) is 8.96. The third-order valence-electron chi connectivity index (χ3n) is 5.90. The third kappa shape index (κ3) is 6.07. The maximum absolute atomic E-state index is 13.6. The number of thioether (sulfide) groups is 1. The quantitative estimate of drug-likeness (QED) is 0.202. The van der Waals surface area contributed by atoms with E-state index in [4.69, 9.17) is 18.9 Å². The van der Waals surface area contributed by atoms with Gasteiger partial charge in [-0.2, -0.15) is 0 Å². The first kappa shape index (κ1) is 24.9. The van der Waals surface area contributed by atoms with Gasteiger partial charge in [0, 0.05) is 17.9 Å². The number of benzene rings is 2. The molecular weight excluding hydrogens is 462 g/mol. The van der Waals surface area contributed by atoms with E-state index in [1.165, 1.54) is 11.8 Å². The highest BCUT2D eigenvalue weighted by Gasteiger charge is 2.15. The maximum Gasteiger partial charge on any atom is 0.262 e. The number of ether oxygens (including phenoxy) is 2. The standard InChI is InChI=1S/C27H31N3O4S/c1-4-29(5-2)14-16-34-21-12-13-24-23(17-21)26(31)30(18-22-10-8-15-33-22)27(28-24)35-19-20-9-6-7-11-25(20)32-3/h6-13,15,17H,4-5,14,16,18-19H2,1-3H3. The number of rotatable bonds is 12. The lowest BCUT2D eigenvalue weighted by molar-refractivity contribution is 0.223.